The van der Waals surface area contributed by atoms with E-state index in [1.807, 2.05) is 19.1 Å². The molecule has 0 N–H and O–H groups in total. The normalized spacial score (nSPS) is 11.2. The Balaban J connectivity index is 2.31. The molecule has 2 heterocycles. The second kappa shape index (κ2) is 4.49. The molecule has 0 saturated heterocycles. The number of nitriles is 1. The second-order valence-electron chi connectivity index (χ2n) is 5.05. The molecule has 100 valence electrons. The second-order valence-corrected chi connectivity index (χ2v) is 5.05. The lowest BCUT2D eigenvalue weighted by molar-refractivity contribution is 0.421. The molecular weight excluding hydrogens is 252 g/mol. The smallest absolute Gasteiger partial charge is 0.202 e. The van der Waals surface area contributed by atoms with Gasteiger partial charge in [-0.1, -0.05) is 5.16 Å². The Morgan fingerprint density at radius 1 is 1.30 bits per heavy atom. The molecule has 0 spiro atoms. The van der Waals surface area contributed by atoms with Gasteiger partial charge in [-0.2, -0.15) is 5.26 Å². The van der Waals surface area contributed by atoms with Crippen LogP contribution in [0.3, 0.4) is 0 Å². The van der Waals surface area contributed by atoms with Gasteiger partial charge in [0.05, 0.1) is 28.4 Å². The maximum Gasteiger partial charge on any atom is 0.202 e. The number of hydrogen-bond acceptors (Lipinski definition) is 4. The number of imidazole rings is 1. The van der Waals surface area contributed by atoms with Gasteiger partial charge in [-0.3, -0.25) is 0 Å². The van der Waals surface area contributed by atoms with Gasteiger partial charge in [0, 0.05) is 12.1 Å². The van der Waals surface area contributed by atoms with Gasteiger partial charge in [-0.05, 0) is 39.0 Å². The summed E-state index contributed by atoms with van der Waals surface area (Å²) >= 11 is 0. The van der Waals surface area contributed by atoms with Gasteiger partial charge < -0.3 is 9.09 Å². The lowest BCUT2D eigenvalue weighted by Crippen LogP contribution is -2.02. The summed E-state index contributed by atoms with van der Waals surface area (Å²) in [6.07, 6.45) is 0. The standard InChI is InChI=1S/C15H14N4O/c1-9(2)19-13-5-4-11(8-16)7-12(13)17-15(19)14-6-10(3)18-20-14/h4-7,9H,1-3H3. The first-order chi connectivity index (χ1) is 9.60. The molecule has 0 aliphatic carbocycles. The molecule has 0 atom stereocenters. The zero-order chi connectivity index (χ0) is 14.3. The molecule has 2 aromatic heterocycles. The molecule has 20 heavy (non-hydrogen) atoms. The summed E-state index contributed by atoms with van der Waals surface area (Å²) in [7, 11) is 0. The van der Waals surface area contributed by atoms with Crippen LogP contribution in [0.15, 0.2) is 28.8 Å². The minimum atomic E-state index is 0.230. The van der Waals surface area contributed by atoms with Crippen molar-refractivity contribution in [3.05, 3.63) is 35.5 Å². The molecule has 0 unspecified atom stereocenters. The summed E-state index contributed by atoms with van der Waals surface area (Å²) in [6.45, 7) is 6.06. The predicted molar refractivity (Wildman–Crippen MR) is 75.1 cm³/mol. The van der Waals surface area contributed by atoms with E-state index in [2.05, 4.69) is 34.6 Å². The van der Waals surface area contributed by atoms with Crippen LogP contribution in [0.2, 0.25) is 0 Å². The molecule has 0 aliphatic rings. The number of hydrogen-bond donors (Lipinski definition) is 0. The minimum Gasteiger partial charge on any atom is -0.353 e. The topological polar surface area (TPSA) is 67.6 Å². The minimum absolute atomic E-state index is 0.230. The number of fused-ring (bicyclic) bond motifs is 1. The highest BCUT2D eigenvalue weighted by atomic mass is 16.5. The van der Waals surface area contributed by atoms with Crippen molar-refractivity contribution in [2.24, 2.45) is 0 Å². The predicted octanol–water partition coefficient (Wildman–Crippen LogP) is 3.45. The number of aromatic nitrogens is 3. The Morgan fingerprint density at radius 2 is 2.10 bits per heavy atom. The third-order valence-electron chi connectivity index (χ3n) is 3.18. The van der Waals surface area contributed by atoms with Gasteiger partial charge in [0.2, 0.25) is 5.76 Å². The Labute approximate surface area is 116 Å². The Hall–Kier alpha value is -2.61. The van der Waals surface area contributed by atoms with Crippen molar-refractivity contribution in [1.29, 1.82) is 5.26 Å². The van der Waals surface area contributed by atoms with Crippen LogP contribution in [0.4, 0.5) is 0 Å². The Morgan fingerprint density at radius 3 is 2.70 bits per heavy atom. The summed E-state index contributed by atoms with van der Waals surface area (Å²) in [6, 6.07) is 9.75. The summed E-state index contributed by atoms with van der Waals surface area (Å²) in [5.74, 6) is 1.39. The molecule has 1 aromatic carbocycles. The monoisotopic (exact) mass is 266 g/mol. The van der Waals surface area contributed by atoms with Crippen LogP contribution in [0, 0.1) is 18.3 Å². The fourth-order valence-corrected chi connectivity index (χ4v) is 2.33. The van der Waals surface area contributed by atoms with E-state index in [9.17, 15) is 0 Å². The van der Waals surface area contributed by atoms with Crippen LogP contribution in [0.1, 0.15) is 31.1 Å². The van der Waals surface area contributed by atoms with Crippen molar-refractivity contribution in [3.63, 3.8) is 0 Å². The van der Waals surface area contributed by atoms with E-state index in [1.165, 1.54) is 0 Å². The molecule has 5 nitrogen and oxygen atoms in total. The van der Waals surface area contributed by atoms with Gasteiger partial charge in [-0.15, -0.1) is 0 Å². The maximum absolute atomic E-state index is 8.99. The van der Waals surface area contributed by atoms with Gasteiger partial charge in [0.25, 0.3) is 0 Å². The third-order valence-corrected chi connectivity index (χ3v) is 3.18. The highest BCUT2D eigenvalue weighted by molar-refractivity contribution is 5.81. The zero-order valence-electron chi connectivity index (χ0n) is 11.6. The molecule has 0 fully saturated rings. The summed E-state index contributed by atoms with van der Waals surface area (Å²) in [4.78, 5) is 4.60. The van der Waals surface area contributed by atoms with Crippen molar-refractivity contribution in [2.45, 2.75) is 26.8 Å². The Bertz CT molecular complexity index is 820. The lowest BCUT2D eigenvalue weighted by atomic mass is 10.2. The van der Waals surface area contributed by atoms with Crippen molar-refractivity contribution in [3.8, 4) is 17.7 Å². The van der Waals surface area contributed by atoms with Crippen molar-refractivity contribution < 1.29 is 4.52 Å². The number of rotatable bonds is 2. The molecule has 5 heteroatoms. The van der Waals surface area contributed by atoms with Crippen molar-refractivity contribution in [2.75, 3.05) is 0 Å². The molecule has 3 rings (SSSR count). The van der Waals surface area contributed by atoms with Crippen LogP contribution < -0.4 is 0 Å². The van der Waals surface area contributed by atoms with Gasteiger partial charge >= 0.3 is 0 Å². The van der Waals surface area contributed by atoms with Crippen LogP contribution in [-0.4, -0.2) is 14.7 Å². The van der Waals surface area contributed by atoms with Crippen LogP contribution in [0.25, 0.3) is 22.6 Å². The Kier molecular flexibility index (Phi) is 2.79. The van der Waals surface area contributed by atoms with E-state index in [4.69, 9.17) is 9.78 Å². The van der Waals surface area contributed by atoms with E-state index in [-0.39, 0.29) is 6.04 Å². The summed E-state index contributed by atoms with van der Waals surface area (Å²) < 4.78 is 7.42. The van der Waals surface area contributed by atoms with E-state index in [1.54, 1.807) is 12.1 Å². The lowest BCUT2D eigenvalue weighted by Gasteiger charge is -2.11. The fourth-order valence-electron chi connectivity index (χ4n) is 2.33. The number of aryl methyl sites for hydroxylation is 1. The molecule has 0 bridgehead atoms. The maximum atomic E-state index is 8.99. The average molecular weight is 266 g/mol. The van der Waals surface area contributed by atoms with E-state index >= 15 is 0 Å². The SMILES string of the molecule is Cc1cc(-c2nc3cc(C#N)ccc3n2C(C)C)on1. The van der Waals surface area contributed by atoms with E-state index in [0.717, 1.165) is 22.6 Å². The number of benzene rings is 1. The molecule has 0 saturated carbocycles. The highest BCUT2D eigenvalue weighted by Gasteiger charge is 2.18. The third kappa shape index (κ3) is 1.86. The fraction of sp³-hybridized carbons (Fsp3) is 0.267. The largest absolute Gasteiger partial charge is 0.353 e. The molecule has 0 aliphatic heterocycles. The van der Waals surface area contributed by atoms with Gasteiger partial charge in [0.1, 0.15) is 0 Å². The summed E-state index contributed by atoms with van der Waals surface area (Å²) in [5, 5.41) is 12.9. The van der Waals surface area contributed by atoms with Crippen LogP contribution in [0.5, 0.6) is 0 Å². The highest BCUT2D eigenvalue weighted by Crippen LogP contribution is 2.29. The molecular formula is C15H14N4O. The van der Waals surface area contributed by atoms with Gasteiger partial charge in [0.15, 0.2) is 5.82 Å². The van der Waals surface area contributed by atoms with Crippen molar-refractivity contribution in [1.82, 2.24) is 14.7 Å². The van der Waals surface area contributed by atoms with Crippen molar-refractivity contribution >= 4 is 11.0 Å². The van der Waals surface area contributed by atoms with Gasteiger partial charge in [-0.25, -0.2) is 4.98 Å². The van der Waals surface area contributed by atoms with Crippen LogP contribution in [-0.2, 0) is 0 Å². The van der Waals surface area contributed by atoms with E-state index < -0.39 is 0 Å². The average Bonchev–Trinajstić information content (AvgIpc) is 3.00. The first-order valence-electron chi connectivity index (χ1n) is 6.46. The van der Waals surface area contributed by atoms with E-state index in [0.29, 0.717) is 11.3 Å². The first-order valence-corrected chi connectivity index (χ1v) is 6.46. The molecule has 0 amide bonds. The molecule has 0 radical (unpaired) electrons. The quantitative estimate of drug-likeness (QED) is 0.712. The first kappa shape index (κ1) is 12.4. The van der Waals surface area contributed by atoms with Crippen LogP contribution >= 0.6 is 0 Å². The summed E-state index contributed by atoms with van der Waals surface area (Å²) in [5.41, 5.74) is 3.20. The zero-order valence-corrected chi connectivity index (χ0v) is 11.6. The number of nitrogens with zero attached hydrogens (tertiary/aromatic N) is 4. The molecule has 3 aromatic rings.